The average molecular weight is 295 g/mol. The Morgan fingerprint density at radius 1 is 1.00 bits per heavy atom. The lowest BCUT2D eigenvalue weighted by Gasteiger charge is -2.19. The van der Waals surface area contributed by atoms with Crippen LogP contribution < -0.4 is 5.32 Å². The molecule has 0 saturated carbocycles. The maximum Gasteiger partial charge on any atom is 0.309 e. The molecule has 20 heavy (non-hydrogen) atoms. The largest absolute Gasteiger partial charge is 0.463 e. The lowest BCUT2D eigenvalue weighted by molar-refractivity contribution is -0.153. The molecule has 0 bridgehead atoms. The van der Waals surface area contributed by atoms with Crippen molar-refractivity contribution < 1.29 is 19.4 Å². The Hall–Kier alpha value is -1.10. The molecule has 5 nitrogen and oxygen atoms in total. The van der Waals surface area contributed by atoms with Gasteiger partial charge in [0.2, 0.25) is 5.91 Å². The van der Waals surface area contributed by atoms with Crippen LogP contribution in [0.25, 0.3) is 0 Å². The summed E-state index contributed by atoms with van der Waals surface area (Å²) < 4.78 is 4.76. The lowest BCUT2D eigenvalue weighted by Crippen LogP contribution is -2.39. The van der Waals surface area contributed by atoms with Crippen LogP contribution in [0.5, 0.6) is 0 Å². The number of aliphatic hydroxyl groups excluding tert-OH is 1. The molecule has 0 rings (SSSR count). The number of ether oxygens (including phenoxy) is 1. The monoisotopic (exact) mass is 295 g/mol. The highest BCUT2D eigenvalue weighted by molar-refractivity contribution is 5.84. The first-order valence-electron chi connectivity index (χ1n) is 5.48. The normalized spacial score (nSPS) is 11.5. The van der Waals surface area contributed by atoms with E-state index in [1.807, 2.05) is 13.8 Å². The van der Waals surface area contributed by atoms with E-state index in [9.17, 15) is 9.59 Å². The van der Waals surface area contributed by atoms with E-state index < -0.39 is 17.8 Å². The summed E-state index contributed by atoms with van der Waals surface area (Å²) in [7, 11) is 0. The van der Waals surface area contributed by atoms with Gasteiger partial charge in [0.25, 0.3) is 0 Å². The minimum Gasteiger partial charge on any atom is -0.463 e. The number of nitrogens with one attached hydrogen (secondary N) is 1. The lowest BCUT2D eigenvalue weighted by atomic mass is 9.95. The molecule has 1 amide bonds. The Kier molecular flexibility index (Phi) is 25.0. The van der Waals surface area contributed by atoms with Gasteiger partial charge in [-0.15, -0.1) is 0 Å². The molecule has 0 aromatic rings. The second kappa shape index (κ2) is 16.0. The molecule has 0 aromatic carbocycles. The first kappa shape index (κ1) is 31.3. The minimum atomic E-state index is -0.509. The van der Waals surface area contributed by atoms with Gasteiger partial charge in [0, 0.05) is 12.0 Å². The Bertz CT molecular complexity index is 242. The smallest absolute Gasteiger partial charge is 0.309 e. The topological polar surface area (TPSA) is 75.6 Å². The third-order valence-corrected chi connectivity index (χ3v) is 2.30. The standard InChI is InChI=1S/C11H21NO4.4CH4/c1-7(2)12-10(14)8(3)9(4)11(15)16-6-5-13;;;;/h7-9,13H,5-6H2,1-4H3,(H,12,14);4*1H4. The van der Waals surface area contributed by atoms with E-state index in [0.29, 0.717) is 0 Å². The van der Waals surface area contributed by atoms with E-state index in [0.717, 1.165) is 0 Å². The van der Waals surface area contributed by atoms with E-state index in [1.165, 1.54) is 0 Å². The molecule has 0 radical (unpaired) electrons. The number of aliphatic hydroxyl groups is 1. The van der Waals surface area contributed by atoms with Gasteiger partial charge in [0.05, 0.1) is 12.5 Å². The van der Waals surface area contributed by atoms with Gasteiger partial charge < -0.3 is 15.2 Å². The maximum absolute atomic E-state index is 11.6. The summed E-state index contributed by atoms with van der Waals surface area (Å²) in [6.45, 7) is 6.82. The molecule has 2 N–H and O–H groups in total. The summed E-state index contributed by atoms with van der Waals surface area (Å²) in [6.07, 6.45) is 0. The predicted molar refractivity (Wildman–Crippen MR) is 86.6 cm³/mol. The summed E-state index contributed by atoms with van der Waals surface area (Å²) in [5.74, 6) is -1.57. The van der Waals surface area contributed by atoms with E-state index in [2.05, 4.69) is 5.32 Å². The number of hydrogen-bond donors (Lipinski definition) is 2. The fourth-order valence-electron chi connectivity index (χ4n) is 1.12. The van der Waals surface area contributed by atoms with Gasteiger partial charge in [-0.3, -0.25) is 9.59 Å². The summed E-state index contributed by atoms with van der Waals surface area (Å²) >= 11 is 0. The fourth-order valence-corrected chi connectivity index (χ4v) is 1.12. The first-order valence-corrected chi connectivity index (χ1v) is 5.48. The molecule has 0 aromatic heterocycles. The quantitative estimate of drug-likeness (QED) is 0.739. The molecule has 0 aliphatic carbocycles. The predicted octanol–water partition coefficient (Wildman–Crippen LogP) is 2.86. The van der Waals surface area contributed by atoms with Gasteiger partial charge in [0.1, 0.15) is 6.61 Å². The zero-order valence-electron chi connectivity index (χ0n) is 10.3. The van der Waals surface area contributed by atoms with Crippen LogP contribution in [0.4, 0.5) is 0 Å². The molecule has 2 unspecified atom stereocenters. The molecule has 2 atom stereocenters. The summed E-state index contributed by atoms with van der Waals surface area (Å²) in [5.41, 5.74) is 0. The van der Waals surface area contributed by atoms with Crippen LogP contribution >= 0.6 is 0 Å². The number of rotatable bonds is 6. The van der Waals surface area contributed by atoms with Gasteiger partial charge >= 0.3 is 5.97 Å². The first-order chi connectivity index (χ1) is 7.40. The number of amides is 1. The third-order valence-electron chi connectivity index (χ3n) is 2.30. The Labute approximate surface area is 126 Å². The van der Waals surface area contributed by atoms with Crippen molar-refractivity contribution >= 4 is 11.9 Å². The zero-order valence-corrected chi connectivity index (χ0v) is 10.3. The summed E-state index contributed by atoms with van der Waals surface area (Å²) in [4.78, 5) is 23.0. The van der Waals surface area contributed by atoms with Crippen molar-refractivity contribution in [3.63, 3.8) is 0 Å². The molecule has 126 valence electrons. The molecular weight excluding hydrogens is 258 g/mol. The van der Waals surface area contributed by atoms with Crippen molar-refractivity contribution in [2.45, 2.75) is 63.4 Å². The van der Waals surface area contributed by atoms with E-state index in [1.54, 1.807) is 13.8 Å². The summed E-state index contributed by atoms with van der Waals surface area (Å²) in [5, 5.41) is 11.2. The van der Waals surface area contributed by atoms with E-state index >= 15 is 0 Å². The molecule has 0 spiro atoms. The van der Waals surface area contributed by atoms with Gasteiger partial charge in [-0.25, -0.2) is 0 Å². The molecule has 5 heteroatoms. The molecule has 0 fully saturated rings. The van der Waals surface area contributed by atoms with Gasteiger partial charge in [0.15, 0.2) is 0 Å². The molecule has 0 heterocycles. The molecule has 0 aliphatic heterocycles. The van der Waals surface area contributed by atoms with Crippen molar-refractivity contribution in [1.82, 2.24) is 5.32 Å². The molecule has 0 aliphatic rings. The fraction of sp³-hybridized carbons (Fsp3) is 0.867. The van der Waals surface area contributed by atoms with Crippen molar-refractivity contribution in [3.8, 4) is 0 Å². The number of carbonyl (C=O) groups is 2. The average Bonchev–Trinajstić information content (AvgIpc) is 2.22. The number of esters is 1. The molecular formula is C15H37NO4. The van der Waals surface area contributed by atoms with Crippen molar-refractivity contribution in [1.29, 1.82) is 0 Å². The molecule has 0 saturated heterocycles. The second-order valence-electron chi connectivity index (χ2n) is 4.13. The van der Waals surface area contributed by atoms with Crippen LogP contribution in [0.15, 0.2) is 0 Å². The SMILES string of the molecule is C.C.C.C.CC(C)NC(=O)C(C)C(C)C(=O)OCCO. The number of carbonyl (C=O) groups excluding carboxylic acids is 2. The van der Waals surface area contributed by atoms with Crippen LogP contribution in [0, 0.1) is 11.8 Å². The Morgan fingerprint density at radius 3 is 1.80 bits per heavy atom. The van der Waals surface area contributed by atoms with Gasteiger partial charge in [-0.2, -0.15) is 0 Å². The van der Waals surface area contributed by atoms with Crippen molar-refractivity contribution in [3.05, 3.63) is 0 Å². The highest BCUT2D eigenvalue weighted by atomic mass is 16.5. The maximum atomic E-state index is 11.6. The van der Waals surface area contributed by atoms with E-state index in [-0.39, 0.29) is 54.9 Å². The van der Waals surface area contributed by atoms with Crippen LogP contribution in [0.1, 0.15) is 57.4 Å². The van der Waals surface area contributed by atoms with Crippen LogP contribution in [0.3, 0.4) is 0 Å². The third kappa shape index (κ3) is 12.0. The van der Waals surface area contributed by atoms with Crippen LogP contribution in [-0.4, -0.2) is 36.2 Å². The second-order valence-corrected chi connectivity index (χ2v) is 4.13. The van der Waals surface area contributed by atoms with Gasteiger partial charge in [-0.05, 0) is 13.8 Å². The highest BCUT2D eigenvalue weighted by Crippen LogP contribution is 2.13. The zero-order chi connectivity index (χ0) is 12.7. The van der Waals surface area contributed by atoms with Crippen molar-refractivity contribution in [2.24, 2.45) is 11.8 Å². The van der Waals surface area contributed by atoms with Crippen LogP contribution in [0.2, 0.25) is 0 Å². The summed E-state index contributed by atoms with van der Waals surface area (Å²) in [6, 6.07) is 0.0515. The number of hydrogen-bond acceptors (Lipinski definition) is 4. The van der Waals surface area contributed by atoms with E-state index in [4.69, 9.17) is 9.84 Å². The Balaban J connectivity index is -0.000000187. The Morgan fingerprint density at radius 2 is 1.45 bits per heavy atom. The van der Waals surface area contributed by atoms with Crippen LogP contribution in [-0.2, 0) is 14.3 Å². The van der Waals surface area contributed by atoms with Crippen molar-refractivity contribution in [2.75, 3.05) is 13.2 Å². The highest BCUT2D eigenvalue weighted by Gasteiger charge is 2.27. The van der Waals surface area contributed by atoms with Gasteiger partial charge in [-0.1, -0.05) is 43.6 Å². The minimum absolute atomic E-state index is 0.